The topological polar surface area (TPSA) is 113 Å². The van der Waals surface area contributed by atoms with Crippen LogP contribution in [0.25, 0.3) is 11.2 Å². The Hall–Kier alpha value is -1.48. The average molecular weight is 287 g/mol. The summed E-state index contributed by atoms with van der Waals surface area (Å²) in [4.78, 5) is 22.3. The highest BCUT2D eigenvalue weighted by Crippen LogP contribution is 2.29. The number of rotatable bonds is 2. The molecule has 8 nitrogen and oxygen atoms in total. The minimum atomic E-state index is -0.829. The van der Waals surface area contributed by atoms with Gasteiger partial charge in [-0.2, -0.15) is 0 Å². The van der Waals surface area contributed by atoms with E-state index < -0.39 is 24.1 Å². The fraction of sp³-hybridized carbons (Fsp3) is 0.500. The average Bonchev–Trinajstić information content (AvgIpc) is 2.90. The van der Waals surface area contributed by atoms with Crippen LogP contribution >= 0.6 is 11.6 Å². The van der Waals surface area contributed by atoms with Crippen molar-refractivity contribution >= 4 is 22.8 Å². The first kappa shape index (κ1) is 12.5. The molecule has 2 aromatic rings. The number of halogens is 1. The molecule has 3 rings (SSSR count). The number of imidazole rings is 1. The van der Waals surface area contributed by atoms with Crippen LogP contribution in [0.1, 0.15) is 12.6 Å². The van der Waals surface area contributed by atoms with E-state index in [9.17, 15) is 9.90 Å². The molecule has 0 amide bonds. The molecule has 9 heteroatoms. The molecule has 2 aromatic heterocycles. The Morgan fingerprint density at radius 3 is 3.05 bits per heavy atom. The van der Waals surface area contributed by atoms with Gasteiger partial charge in [-0.05, 0) is 0 Å². The highest BCUT2D eigenvalue weighted by Gasteiger charge is 2.36. The van der Waals surface area contributed by atoms with Crippen molar-refractivity contribution in [2.45, 2.75) is 24.9 Å². The summed E-state index contributed by atoms with van der Waals surface area (Å²) in [5.41, 5.74) is 0.175. The van der Waals surface area contributed by atoms with Crippen LogP contribution in [0.2, 0.25) is 5.15 Å². The Kier molecular flexibility index (Phi) is 3.02. The number of hydrogen-bond acceptors (Lipinski definition) is 6. The molecular formula is C10H11ClN4O4. The summed E-state index contributed by atoms with van der Waals surface area (Å²) >= 11 is 5.87. The van der Waals surface area contributed by atoms with Gasteiger partial charge in [0.15, 0.2) is 10.8 Å². The summed E-state index contributed by atoms with van der Waals surface area (Å²) in [5, 5.41) is 18.9. The number of fused-ring (bicyclic) bond motifs is 1. The van der Waals surface area contributed by atoms with Crippen molar-refractivity contribution in [2.75, 3.05) is 6.61 Å². The molecule has 0 spiro atoms. The Bertz CT molecular complexity index is 669. The molecule has 0 radical (unpaired) electrons. The largest absolute Gasteiger partial charge is 0.394 e. The lowest BCUT2D eigenvalue weighted by Gasteiger charge is -2.12. The first-order chi connectivity index (χ1) is 9.11. The quantitative estimate of drug-likeness (QED) is 0.636. The van der Waals surface area contributed by atoms with Gasteiger partial charge in [0.05, 0.1) is 12.7 Å². The van der Waals surface area contributed by atoms with Crippen LogP contribution < -0.4 is 5.69 Å². The molecule has 0 aliphatic carbocycles. The standard InChI is InChI=1S/C10H11ClN4O4/c11-8-7-9(13-3-12-8)15(10(18)14-7)6-1-4(17)5(2-16)19-6/h3-6,16-17H,1-2H2,(H,14,18)/t4-,5+,6-/m1/s1. The number of nitrogens with zero attached hydrogens (tertiary/aromatic N) is 3. The van der Waals surface area contributed by atoms with Gasteiger partial charge in [0.25, 0.3) is 0 Å². The number of hydrogen-bond donors (Lipinski definition) is 3. The molecule has 1 aliphatic heterocycles. The van der Waals surface area contributed by atoms with Crippen molar-refractivity contribution in [3.63, 3.8) is 0 Å². The van der Waals surface area contributed by atoms with Crippen LogP contribution in [0.3, 0.4) is 0 Å². The Balaban J connectivity index is 2.09. The second-order valence-electron chi connectivity index (χ2n) is 4.28. The lowest BCUT2D eigenvalue weighted by Crippen LogP contribution is -2.25. The van der Waals surface area contributed by atoms with E-state index >= 15 is 0 Å². The number of H-pyrrole nitrogens is 1. The van der Waals surface area contributed by atoms with Crippen molar-refractivity contribution in [3.8, 4) is 0 Å². The van der Waals surface area contributed by atoms with E-state index in [2.05, 4.69) is 15.0 Å². The maximum absolute atomic E-state index is 11.9. The number of aliphatic hydroxyl groups excluding tert-OH is 2. The van der Waals surface area contributed by atoms with Gasteiger partial charge in [0, 0.05) is 6.42 Å². The first-order valence-electron chi connectivity index (χ1n) is 5.67. The monoisotopic (exact) mass is 286 g/mol. The Morgan fingerprint density at radius 2 is 2.37 bits per heavy atom. The van der Waals surface area contributed by atoms with Gasteiger partial charge in [-0.15, -0.1) is 0 Å². The third-order valence-corrected chi connectivity index (χ3v) is 3.42. The summed E-state index contributed by atoms with van der Waals surface area (Å²) in [6.45, 7) is -0.315. The Labute approximate surface area is 111 Å². The minimum absolute atomic E-state index is 0.137. The number of ether oxygens (including phenoxy) is 1. The van der Waals surface area contributed by atoms with Gasteiger partial charge < -0.3 is 19.9 Å². The van der Waals surface area contributed by atoms with E-state index in [-0.39, 0.29) is 18.2 Å². The van der Waals surface area contributed by atoms with Gasteiger partial charge in [-0.1, -0.05) is 11.6 Å². The lowest BCUT2D eigenvalue weighted by molar-refractivity contribution is -0.0441. The van der Waals surface area contributed by atoms with E-state index in [4.69, 9.17) is 21.4 Å². The van der Waals surface area contributed by atoms with Crippen LogP contribution in [0.15, 0.2) is 11.1 Å². The summed E-state index contributed by atoms with van der Waals surface area (Å²) in [6, 6.07) is 0. The van der Waals surface area contributed by atoms with Crippen LogP contribution in [-0.4, -0.2) is 48.5 Å². The fourth-order valence-corrected chi connectivity index (χ4v) is 2.39. The van der Waals surface area contributed by atoms with Gasteiger partial charge in [0.2, 0.25) is 0 Å². The molecule has 19 heavy (non-hydrogen) atoms. The third-order valence-electron chi connectivity index (χ3n) is 3.13. The SMILES string of the molecule is O=c1[nH]c2c(Cl)ncnc2n1[C@H]1C[C@@H](O)[C@H](CO)O1. The fourth-order valence-electron chi connectivity index (χ4n) is 2.21. The molecule has 3 heterocycles. The highest BCUT2D eigenvalue weighted by atomic mass is 35.5. The van der Waals surface area contributed by atoms with E-state index in [1.54, 1.807) is 0 Å². The van der Waals surface area contributed by atoms with Gasteiger partial charge in [0.1, 0.15) is 24.2 Å². The number of nitrogens with one attached hydrogen (secondary N) is 1. The molecule has 1 saturated heterocycles. The summed E-state index contributed by atoms with van der Waals surface area (Å²) < 4.78 is 6.70. The van der Waals surface area contributed by atoms with Crippen molar-refractivity contribution in [1.29, 1.82) is 0 Å². The molecule has 3 atom stereocenters. The van der Waals surface area contributed by atoms with Gasteiger partial charge >= 0.3 is 5.69 Å². The molecule has 102 valence electrons. The smallest absolute Gasteiger partial charge is 0.329 e. The molecule has 1 fully saturated rings. The van der Waals surface area contributed by atoms with E-state index in [1.807, 2.05) is 0 Å². The minimum Gasteiger partial charge on any atom is -0.394 e. The molecule has 0 bridgehead atoms. The van der Waals surface area contributed by atoms with E-state index in [1.165, 1.54) is 10.9 Å². The summed E-state index contributed by atoms with van der Waals surface area (Å²) in [6.07, 6.45) is -0.800. The van der Waals surface area contributed by atoms with Crippen LogP contribution in [0.5, 0.6) is 0 Å². The van der Waals surface area contributed by atoms with E-state index in [0.29, 0.717) is 11.2 Å². The molecule has 0 aromatic carbocycles. The number of aromatic nitrogens is 4. The normalized spacial score (nSPS) is 27.2. The van der Waals surface area contributed by atoms with Crippen molar-refractivity contribution in [3.05, 3.63) is 22.0 Å². The Morgan fingerprint density at radius 1 is 1.58 bits per heavy atom. The van der Waals surface area contributed by atoms with Crippen LogP contribution in [-0.2, 0) is 4.74 Å². The highest BCUT2D eigenvalue weighted by molar-refractivity contribution is 6.33. The van der Waals surface area contributed by atoms with Crippen molar-refractivity contribution in [1.82, 2.24) is 19.5 Å². The molecular weight excluding hydrogens is 276 g/mol. The van der Waals surface area contributed by atoms with E-state index in [0.717, 1.165) is 0 Å². The molecule has 0 saturated carbocycles. The molecule has 0 unspecified atom stereocenters. The number of aliphatic hydroxyl groups is 2. The zero-order chi connectivity index (χ0) is 13.6. The van der Waals surface area contributed by atoms with Crippen LogP contribution in [0.4, 0.5) is 0 Å². The summed E-state index contributed by atoms with van der Waals surface area (Å²) in [5.74, 6) is 0. The maximum Gasteiger partial charge on any atom is 0.329 e. The maximum atomic E-state index is 11.9. The van der Waals surface area contributed by atoms with Crippen LogP contribution in [0, 0.1) is 0 Å². The zero-order valence-corrected chi connectivity index (χ0v) is 10.4. The summed E-state index contributed by atoms with van der Waals surface area (Å²) in [7, 11) is 0. The predicted molar refractivity (Wildman–Crippen MR) is 64.8 cm³/mol. The predicted octanol–water partition coefficient (Wildman–Crippen LogP) is -0.586. The second kappa shape index (κ2) is 4.57. The lowest BCUT2D eigenvalue weighted by atomic mass is 10.2. The van der Waals surface area contributed by atoms with Crippen molar-refractivity contribution in [2.24, 2.45) is 0 Å². The van der Waals surface area contributed by atoms with Gasteiger partial charge in [-0.25, -0.2) is 19.3 Å². The third kappa shape index (κ3) is 1.93. The zero-order valence-electron chi connectivity index (χ0n) is 9.65. The van der Waals surface area contributed by atoms with Crippen molar-refractivity contribution < 1.29 is 14.9 Å². The molecule has 1 aliphatic rings. The van der Waals surface area contributed by atoms with Gasteiger partial charge in [-0.3, -0.25) is 0 Å². The second-order valence-corrected chi connectivity index (χ2v) is 4.64. The first-order valence-corrected chi connectivity index (χ1v) is 6.04. The number of aromatic amines is 1. The molecule has 3 N–H and O–H groups in total.